The molecule has 0 fully saturated rings. The fourth-order valence-corrected chi connectivity index (χ4v) is 1.42. The molecular weight excluding hydrogens is 178 g/mol. The highest BCUT2D eigenvalue weighted by Crippen LogP contribution is 2.19. The van der Waals surface area contributed by atoms with E-state index < -0.39 is 0 Å². The third kappa shape index (κ3) is 1.44. The molecular formula is C10H13N3O. The number of hydrogen-bond donors (Lipinski definition) is 1. The lowest BCUT2D eigenvalue weighted by Gasteiger charge is -2.08. The molecule has 0 saturated carbocycles. The zero-order chi connectivity index (χ0) is 10.1. The van der Waals surface area contributed by atoms with Crippen LogP contribution in [-0.4, -0.2) is 9.55 Å². The number of imidazole rings is 1. The lowest BCUT2D eigenvalue weighted by Crippen LogP contribution is -2.15. The van der Waals surface area contributed by atoms with Crippen molar-refractivity contribution < 1.29 is 4.42 Å². The Labute approximate surface area is 82.4 Å². The molecule has 0 spiro atoms. The maximum atomic E-state index is 6.00. The average molecular weight is 191 g/mol. The fourth-order valence-electron chi connectivity index (χ4n) is 1.42. The van der Waals surface area contributed by atoms with E-state index in [-0.39, 0.29) is 6.04 Å². The van der Waals surface area contributed by atoms with Gasteiger partial charge in [-0.25, -0.2) is 4.98 Å². The van der Waals surface area contributed by atoms with E-state index in [1.165, 1.54) is 0 Å². The van der Waals surface area contributed by atoms with E-state index >= 15 is 0 Å². The van der Waals surface area contributed by atoms with Crippen molar-refractivity contribution in [3.05, 3.63) is 41.9 Å². The molecule has 4 nitrogen and oxygen atoms in total. The lowest BCUT2D eigenvalue weighted by molar-refractivity contribution is 0.456. The summed E-state index contributed by atoms with van der Waals surface area (Å²) in [6, 6.07) is 3.50. The van der Waals surface area contributed by atoms with Gasteiger partial charge in [-0.1, -0.05) is 0 Å². The van der Waals surface area contributed by atoms with Crippen LogP contribution in [0.3, 0.4) is 0 Å². The monoisotopic (exact) mass is 191 g/mol. The second kappa shape index (κ2) is 3.31. The molecule has 2 heterocycles. The minimum atomic E-state index is -0.288. The Hall–Kier alpha value is -1.55. The molecule has 74 valence electrons. The molecule has 0 aliphatic rings. The molecule has 2 N–H and O–H groups in total. The Balaban J connectivity index is 2.33. The van der Waals surface area contributed by atoms with Crippen molar-refractivity contribution in [2.24, 2.45) is 12.8 Å². The first kappa shape index (κ1) is 9.02. The van der Waals surface area contributed by atoms with Crippen LogP contribution in [0.5, 0.6) is 0 Å². The van der Waals surface area contributed by atoms with Crippen LogP contribution in [0.1, 0.15) is 23.4 Å². The number of hydrogen-bond acceptors (Lipinski definition) is 3. The number of rotatable bonds is 2. The summed E-state index contributed by atoms with van der Waals surface area (Å²) in [5.41, 5.74) is 6.00. The molecule has 1 atom stereocenters. The minimum Gasteiger partial charge on any atom is -0.464 e. The van der Waals surface area contributed by atoms with Crippen molar-refractivity contribution >= 4 is 0 Å². The van der Waals surface area contributed by atoms with E-state index in [4.69, 9.17) is 10.2 Å². The lowest BCUT2D eigenvalue weighted by atomic mass is 10.2. The highest BCUT2D eigenvalue weighted by molar-refractivity contribution is 5.16. The summed E-state index contributed by atoms with van der Waals surface area (Å²) in [5.74, 6) is 2.42. The van der Waals surface area contributed by atoms with Crippen LogP contribution in [0.15, 0.2) is 28.9 Å². The van der Waals surface area contributed by atoms with Crippen molar-refractivity contribution in [3.8, 4) is 0 Å². The summed E-state index contributed by atoms with van der Waals surface area (Å²) in [6.45, 7) is 1.90. The van der Waals surface area contributed by atoms with Crippen LogP contribution in [-0.2, 0) is 7.05 Å². The number of furan rings is 1. The van der Waals surface area contributed by atoms with Gasteiger partial charge in [-0.3, -0.25) is 0 Å². The maximum absolute atomic E-state index is 6.00. The molecule has 4 heteroatoms. The second-order valence-corrected chi connectivity index (χ2v) is 3.32. The molecule has 0 aromatic carbocycles. The van der Waals surface area contributed by atoms with Gasteiger partial charge in [0.15, 0.2) is 0 Å². The molecule has 2 aromatic rings. The van der Waals surface area contributed by atoms with E-state index in [0.29, 0.717) is 0 Å². The number of nitrogens with two attached hydrogens (primary N) is 1. The number of aromatic nitrogens is 2. The molecule has 0 bridgehead atoms. The average Bonchev–Trinajstić information content (AvgIpc) is 2.73. The number of nitrogens with zero attached hydrogens (tertiary/aromatic N) is 2. The van der Waals surface area contributed by atoms with Crippen molar-refractivity contribution in [2.75, 3.05) is 0 Å². The standard InChI is InChI=1S/C10H13N3O/c1-7-3-4-8(14-7)9(11)10-12-5-6-13(10)2/h3-6,9H,11H2,1-2H3. The van der Waals surface area contributed by atoms with Crippen LogP contribution >= 0.6 is 0 Å². The molecule has 0 saturated heterocycles. The van der Waals surface area contributed by atoms with Crippen molar-refractivity contribution in [3.63, 3.8) is 0 Å². The van der Waals surface area contributed by atoms with E-state index in [2.05, 4.69) is 4.98 Å². The van der Waals surface area contributed by atoms with Crippen LogP contribution in [0.2, 0.25) is 0 Å². The summed E-state index contributed by atoms with van der Waals surface area (Å²) in [5, 5.41) is 0. The van der Waals surface area contributed by atoms with Gasteiger partial charge >= 0.3 is 0 Å². The topological polar surface area (TPSA) is 57.0 Å². The Morgan fingerprint density at radius 3 is 2.79 bits per heavy atom. The predicted molar refractivity (Wildman–Crippen MR) is 52.7 cm³/mol. The molecule has 0 aliphatic carbocycles. The Morgan fingerprint density at radius 1 is 1.50 bits per heavy atom. The van der Waals surface area contributed by atoms with Crippen molar-refractivity contribution in [1.82, 2.24) is 9.55 Å². The summed E-state index contributed by atoms with van der Waals surface area (Å²) < 4.78 is 7.34. The van der Waals surface area contributed by atoms with Crippen molar-refractivity contribution in [2.45, 2.75) is 13.0 Å². The van der Waals surface area contributed by atoms with E-state index in [9.17, 15) is 0 Å². The Morgan fingerprint density at radius 2 is 2.29 bits per heavy atom. The predicted octanol–water partition coefficient (Wildman–Crippen LogP) is 1.37. The highest BCUT2D eigenvalue weighted by Gasteiger charge is 2.16. The van der Waals surface area contributed by atoms with Gasteiger partial charge in [0.1, 0.15) is 23.4 Å². The zero-order valence-corrected chi connectivity index (χ0v) is 8.27. The number of aryl methyl sites for hydroxylation is 2. The van der Waals surface area contributed by atoms with E-state index in [0.717, 1.165) is 17.3 Å². The van der Waals surface area contributed by atoms with Gasteiger partial charge in [0.2, 0.25) is 0 Å². The molecule has 2 rings (SSSR count). The van der Waals surface area contributed by atoms with Crippen LogP contribution in [0.25, 0.3) is 0 Å². The van der Waals surface area contributed by atoms with E-state index in [1.807, 2.05) is 36.9 Å². The van der Waals surface area contributed by atoms with Crippen LogP contribution in [0.4, 0.5) is 0 Å². The van der Waals surface area contributed by atoms with Gasteiger partial charge in [0.25, 0.3) is 0 Å². The smallest absolute Gasteiger partial charge is 0.133 e. The van der Waals surface area contributed by atoms with E-state index in [1.54, 1.807) is 6.20 Å². The maximum Gasteiger partial charge on any atom is 0.133 e. The van der Waals surface area contributed by atoms with Crippen LogP contribution < -0.4 is 5.73 Å². The SMILES string of the molecule is Cc1ccc(C(N)c2nccn2C)o1. The first-order valence-corrected chi connectivity index (χ1v) is 4.47. The largest absolute Gasteiger partial charge is 0.464 e. The van der Waals surface area contributed by atoms with Crippen molar-refractivity contribution in [1.29, 1.82) is 0 Å². The molecule has 0 amide bonds. The van der Waals surface area contributed by atoms with Gasteiger partial charge in [-0.05, 0) is 19.1 Å². The molecule has 2 aromatic heterocycles. The summed E-state index contributed by atoms with van der Waals surface area (Å²) in [7, 11) is 1.91. The van der Waals surface area contributed by atoms with Gasteiger partial charge in [0.05, 0.1) is 0 Å². The third-order valence-corrected chi connectivity index (χ3v) is 2.20. The van der Waals surface area contributed by atoms with Gasteiger partial charge in [-0.15, -0.1) is 0 Å². The first-order chi connectivity index (χ1) is 6.68. The second-order valence-electron chi connectivity index (χ2n) is 3.32. The highest BCUT2D eigenvalue weighted by atomic mass is 16.3. The third-order valence-electron chi connectivity index (χ3n) is 2.20. The fraction of sp³-hybridized carbons (Fsp3) is 0.300. The van der Waals surface area contributed by atoms with Gasteiger partial charge < -0.3 is 14.7 Å². The molecule has 0 aliphatic heterocycles. The summed E-state index contributed by atoms with van der Waals surface area (Å²) in [4.78, 5) is 4.18. The molecule has 0 radical (unpaired) electrons. The normalized spacial score (nSPS) is 13.1. The Kier molecular flexibility index (Phi) is 2.13. The van der Waals surface area contributed by atoms with Crippen LogP contribution in [0, 0.1) is 6.92 Å². The van der Waals surface area contributed by atoms with Gasteiger partial charge in [0, 0.05) is 19.4 Å². The summed E-state index contributed by atoms with van der Waals surface area (Å²) >= 11 is 0. The summed E-state index contributed by atoms with van der Waals surface area (Å²) in [6.07, 6.45) is 3.59. The molecule has 14 heavy (non-hydrogen) atoms. The van der Waals surface area contributed by atoms with Gasteiger partial charge in [-0.2, -0.15) is 0 Å². The quantitative estimate of drug-likeness (QED) is 0.780. The molecule has 1 unspecified atom stereocenters. The first-order valence-electron chi connectivity index (χ1n) is 4.47. The zero-order valence-electron chi connectivity index (χ0n) is 8.27. The Bertz CT molecular complexity index is 430. The minimum absolute atomic E-state index is 0.288.